The van der Waals surface area contributed by atoms with Crippen LogP contribution in [-0.4, -0.2) is 17.9 Å². The molecule has 0 aromatic heterocycles. The Hall–Kier alpha value is -2.69. The summed E-state index contributed by atoms with van der Waals surface area (Å²) in [5.74, 6) is -1.73. The van der Waals surface area contributed by atoms with Crippen LogP contribution in [0.25, 0.3) is 0 Å². The predicted molar refractivity (Wildman–Crippen MR) is 82.1 cm³/mol. The quantitative estimate of drug-likeness (QED) is 0.823. The third-order valence-corrected chi connectivity index (χ3v) is 3.72. The molecule has 0 bridgehead atoms. The average molecular weight is 298 g/mol. The molecule has 2 amide bonds. The number of rotatable bonds is 1. The minimum atomic E-state index is -0.727. The van der Waals surface area contributed by atoms with Gasteiger partial charge in [0.25, 0.3) is 0 Å². The third kappa shape index (κ3) is 2.57. The highest BCUT2D eigenvalue weighted by Gasteiger charge is 2.34. The molecule has 1 aliphatic rings. The molecule has 5 heteroatoms. The first kappa shape index (κ1) is 14.3. The van der Waals surface area contributed by atoms with Crippen LogP contribution in [0.5, 0.6) is 0 Å². The zero-order valence-electron chi connectivity index (χ0n) is 12.0. The number of anilines is 2. The van der Waals surface area contributed by atoms with Gasteiger partial charge in [-0.2, -0.15) is 0 Å². The van der Waals surface area contributed by atoms with E-state index in [-0.39, 0.29) is 6.04 Å². The van der Waals surface area contributed by atoms with Gasteiger partial charge >= 0.3 is 11.8 Å². The summed E-state index contributed by atoms with van der Waals surface area (Å²) in [4.78, 5) is 26.1. The third-order valence-electron chi connectivity index (χ3n) is 3.72. The Labute approximate surface area is 127 Å². The van der Waals surface area contributed by atoms with Crippen molar-refractivity contribution in [1.29, 1.82) is 0 Å². The number of hydrogen-bond donors (Lipinski definition) is 1. The second kappa shape index (κ2) is 5.60. The van der Waals surface area contributed by atoms with Gasteiger partial charge in [-0.1, -0.05) is 18.2 Å². The van der Waals surface area contributed by atoms with Crippen molar-refractivity contribution in [3.63, 3.8) is 0 Å². The zero-order valence-corrected chi connectivity index (χ0v) is 12.0. The van der Waals surface area contributed by atoms with E-state index >= 15 is 0 Å². The van der Waals surface area contributed by atoms with E-state index < -0.39 is 17.6 Å². The fourth-order valence-electron chi connectivity index (χ4n) is 2.70. The van der Waals surface area contributed by atoms with E-state index in [9.17, 15) is 14.0 Å². The monoisotopic (exact) mass is 298 g/mol. The molecule has 0 spiro atoms. The summed E-state index contributed by atoms with van der Waals surface area (Å²) in [6.45, 7) is 1.91. The molecule has 22 heavy (non-hydrogen) atoms. The van der Waals surface area contributed by atoms with Gasteiger partial charge in [0.05, 0.1) is 0 Å². The molecule has 0 aliphatic carbocycles. The van der Waals surface area contributed by atoms with Crippen LogP contribution < -0.4 is 10.2 Å². The Kier molecular flexibility index (Phi) is 3.63. The van der Waals surface area contributed by atoms with Gasteiger partial charge in [0.2, 0.25) is 0 Å². The number of carbonyl (C=O) groups excluding carboxylic acids is 2. The molecule has 1 N–H and O–H groups in total. The van der Waals surface area contributed by atoms with Crippen molar-refractivity contribution in [2.75, 3.05) is 10.2 Å². The smallest absolute Gasteiger partial charge is 0.316 e. The first-order valence-electron chi connectivity index (χ1n) is 7.04. The van der Waals surface area contributed by atoms with E-state index in [1.165, 1.54) is 29.2 Å². The number of fused-ring (bicyclic) bond motifs is 1. The van der Waals surface area contributed by atoms with Crippen LogP contribution in [0.2, 0.25) is 0 Å². The van der Waals surface area contributed by atoms with Crippen molar-refractivity contribution in [3.8, 4) is 0 Å². The highest BCUT2D eigenvalue weighted by molar-refractivity contribution is 6.44. The van der Waals surface area contributed by atoms with E-state index in [2.05, 4.69) is 5.32 Å². The molecule has 112 valence electrons. The second-order valence-electron chi connectivity index (χ2n) is 5.32. The Morgan fingerprint density at radius 2 is 1.82 bits per heavy atom. The molecule has 3 rings (SSSR count). The van der Waals surface area contributed by atoms with Gasteiger partial charge in [-0.25, -0.2) is 4.39 Å². The number of hydrogen-bond acceptors (Lipinski definition) is 2. The van der Waals surface area contributed by atoms with Crippen LogP contribution in [0.1, 0.15) is 12.5 Å². The summed E-state index contributed by atoms with van der Waals surface area (Å²) in [7, 11) is 0. The van der Waals surface area contributed by atoms with Crippen LogP contribution in [0.3, 0.4) is 0 Å². The molecule has 1 heterocycles. The largest absolute Gasteiger partial charge is 0.318 e. The lowest BCUT2D eigenvalue weighted by Crippen LogP contribution is -2.43. The van der Waals surface area contributed by atoms with Gasteiger partial charge in [-0.05, 0) is 49.2 Å². The Morgan fingerprint density at radius 1 is 1.14 bits per heavy atom. The number of para-hydroxylation sites is 1. The SMILES string of the molecule is CC1Cc2ccccc2N1C(=O)C(=O)Nc1ccc(F)cc1. The second-order valence-corrected chi connectivity index (χ2v) is 5.32. The van der Waals surface area contributed by atoms with Crippen LogP contribution in [0.4, 0.5) is 15.8 Å². The Morgan fingerprint density at radius 3 is 2.55 bits per heavy atom. The van der Waals surface area contributed by atoms with Crippen molar-refractivity contribution in [3.05, 3.63) is 59.9 Å². The lowest BCUT2D eigenvalue weighted by Gasteiger charge is -2.21. The molecular formula is C17H15FN2O2. The number of halogens is 1. The first-order valence-corrected chi connectivity index (χ1v) is 7.04. The topological polar surface area (TPSA) is 49.4 Å². The molecule has 4 nitrogen and oxygen atoms in total. The number of nitrogens with zero attached hydrogens (tertiary/aromatic N) is 1. The lowest BCUT2D eigenvalue weighted by molar-refractivity contribution is -0.134. The normalized spacial score (nSPS) is 16.3. The Bertz CT molecular complexity index is 728. The van der Waals surface area contributed by atoms with Crippen molar-refractivity contribution in [1.82, 2.24) is 0 Å². The van der Waals surface area contributed by atoms with Gasteiger partial charge in [-0.3, -0.25) is 9.59 Å². The van der Waals surface area contributed by atoms with Gasteiger partial charge in [0.15, 0.2) is 0 Å². The predicted octanol–water partition coefficient (Wildman–Crippen LogP) is 2.74. The van der Waals surface area contributed by atoms with Gasteiger partial charge < -0.3 is 10.2 Å². The van der Waals surface area contributed by atoms with Gasteiger partial charge in [0.1, 0.15) is 5.82 Å². The zero-order chi connectivity index (χ0) is 15.7. The standard InChI is InChI=1S/C17H15FN2O2/c1-11-10-12-4-2-3-5-15(12)20(11)17(22)16(21)19-14-8-6-13(18)7-9-14/h2-9,11H,10H2,1H3,(H,19,21). The van der Waals surface area contributed by atoms with Crippen molar-refractivity contribution in [2.24, 2.45) is 0 Å². The molecule has 2 aromatic rings. The number of carbonyl (C=O) groups is 2. The summed E-state index contributed by atoms with van der Waals surface area (Å²) in [5.41, 5.74) is 2.21. The van der Waals surface area contributed by atoms with Crippen LogP contribution in [0.15, 0.2) is 48.5 Å². The molecule has 1 unspecified atom stereocenters. The molecule has 1 atom stereocenters. The first-order chi connectivity index (χ1) is 10.6. The lowest BCUT2D eigenvalue weighted by atomic mass is 10.1. The summed E-state index contributed by atoms with van der Waals surface area (Å²) in [6, 6.07) is 12.8. The summed E-state index contributed by atoms with van der Waals surface area (Å²) < 4.78 is 12.9. The van der Waals surface area contributed by atoms with Gasteiger partial charge in [0, 0.05) is 17.4 Å². The maximum absolute atomic E-state index is 12.9. The van der Waals surface area contributed by atoms with Crippen LogP contribution in [-0.2, 0) is 16.0 Å². The maximum atomic E-state index is 12.9. The molecule has 1 aliphatic heterocycles. The fourth-order valence-corrected chi connectivity index (χ4v) is 2.70. The fraction of sp³-hybridized carbons (Fsp3) is 0.176. The number of nitrogens with one attached hydrogen (secondary N) is 1. The highest BCUT2D eigenvalue weighted by Crippen LogP contribution is 2.31. The van der Waals surface area contributed by atoms with Crippen LogP contribution in [0, 0.1) is 5.82 Å². The summed E-state index contributed by atoms with van der Waals surface area (Å²) >= 11 is 0. The Balaban J connectivity index is 1.79. The van der Waals surface area contributed by atoms with E-state index in [0.29, 0.717) is 5.69 Å². The van der Waals surface area contributed by atoms with E-state index in [0.717, 1.165) is 17.7 Å². The van der Waals surface area contributed by atoms with E-state index in [4.69, 9.17) is 0 Å². The molecule has 0 saturated heterocycles. The summed E-state index contributed by atoms with van der Waals surface area (Å²) in [5, 5.41) is 2.50. The molecule has 2 aromatic carbocycles. The van der Waals surface area contributed by atoms with Crippen molar-refractivity contribution in [2.45, 2.75) is 19.4 Å². The number of benzene rings is 2. The van der Waals surface area contributed by atoms with Crippen molar-refractivity contribution >= 4 is 23.2 Å². The van der Waals surface area contributed by atoms with Crippen molar-refractivity contribution < 1.29 is 14.0 Å². The number of amides is 2. The molecule has 0 fully saturated rings. The van der Waals surface area contributed by atoms with Crippen LogP contribution >= 0.6 is 0 Å². The maximum Gasteiger partial charge on any atom is 0.316 e. The summed E-state index contributed by atoms with van der Waals surface area (Å²) in [6.07, 6.45) is 0.728. The average Bonchev–Trinajstić information content (AvgIpc) is 2.84. The van der Waals surface area contributed by atoms with Gasteiger partial charge in [-0.15, -0.1) is 0 Å². The molecular weight excluding hydrogens is 283 g/mol. The molecule has 0 radical (unpaired) electrons. The van der Waals surface area contributed by atoms with E-state index in [1.807, 2.05) is 31.2 Å². The minimum Gasteiger partial charge on any atom is -0.318 e. The van der Waals surface area contributed by atoms with E-state index in [1.54, 1.807) is 0 Å². The molecule has 0 saturated carbocycles. The highest BCUT2D eigenvalue weighted by atomic mass is 19.1. The minimum absolute atomic E-state index is 0.0659.